The highest BCUT2D eigenvalue weighted by Gasteiger charge is 2.20. The topological polar surface area (TPSA) is 82.1 Å². The van der Waals surface area contributed by atoms with Gasteiger partial charge in [-0.15, -0.1) is 21.5 Å². The van der Waals surface area contributed by atoms with Gasteiger partial charge in [0.05, 0.1) is 23.8 Å². The van der Waals surface area contributed by atoms with Crippen molar-refractivity contribution in [2.75, 3.05) is 31.2 Å². The van der Waals surface area contributed by atoms with Crippen molar-refractivity contribution in [2.45, 2.75) is 24.4 Å². The van der Waals surface area contributed by atoms with Crippen molar-refractivity contribution in [1.82, 2.24) is 24.9 Å². The van der Waals surface area contributed by atoms with E-state index in [1.54, 1.807) is 23.1 Å². The number of thioether (sulfide) groups is 1. The second-order valence-corrected chi connectivity index (χ2v) is 7.29. The molecule has 0 spiro atoms. The van der Waals surface area contributed by atoms with Gasteiger partial charge in [0.25, 0.3) is 0 Å². The molecule has 0 aromatic carbocycles. The fraction of sp³-hybridized carbons (Fsp3) is 0.467. The lowest BCUT2D eigenvalue weighted by molar-refractivity contribution is 0.121. The number of thiophene rings is 1. The molecule has 1 aliphatic rings. The third-order valence-corrected chi connectivity index (χ3v) is 5.66. The van der Waals surface area contributed by atoms with Crippen molar-refractivity contribution in [1.29, 1.82) is 0 Å². The average Bonchev–Trinajstić information content (AvgIpc) is 3.39. The van der Waals surface area contributed by atoms with E-state index in [-0.39, 0.29) is 0 Å². The zero-order valence-corrected chi connectivity index (χ0v) is 15.4. The van der Waals surface area contributed by atoms with Gasteiger partial charge >= 0.3 is 0 Å². The first-order chi connectivity index (χ1) is 12.3. The maximum absolute atomic E-state index is 5.41. The quantitative estimate of drug-likeness (QED) is 0.605. The molecule has 10 heteroatoms. The van der Waals surface area contributed by atoms with Gasteiger partial charge in [0.2, 0.25) is 17.7 Å². The molecule has 0 N–H and O–H groups in total. The van der Waals surface area contributed by atoms with E-state index < -0.39 is 0 Å². The minimum absolute atomic E-state index is 0.569. The fourth-order valence-corrected chi connectivity index (χ4v) is 4.09. The first kappa shape index (κ1) is 16.6. The number of rotatable bonds is 6. The zero-order chi connectivity index (χ0) is 17.1. The van der Waals surface area contributed by atoms with Crippen LogP contribution in [0.1, 0.15) is 12.8 Å². The zero-order valence-electron chi connectivity index (χ0n) is 13.8. The van der Waals surface area contributed by atoms with Gasteiger partial charge in [-0.1, -0.05) is 23.0 Å². The summed E-state index contributed by atoms with van der Waals surface area (Å²) in [5, 5.41) is 15.6. The molecule has 0 aliphatic carbocycles. The molecule has 4 rings (SSSR count). The molecule has 0 amide bonds. The van der Waals surface area contributed by atoms with Gasteiger partial charge in [0, 0.05) is 19.6 Å². The van der Waals surface area contributed by atoms with Gasteiger partial charge in [-0.2, -0.15) is 4.98 Å². The smallest absolute Gasteiger partial charge is 0.237 e. The Morgan fingerprint density at radius 3 is 2.92 bits per heavy atom. The Morgan fingerprint density at radius 2 is 2.16 bits per heavy atom. The molecule has 0 saturated carbocycles. The van der Waals surface area contributed by atoms with Gasteiger partial charge in [0.15, 0.2) is 5.16 Å². The van der Waals surface area contributed by atoms with Gasteiger partial charge < -0.3 is 14.2 Å². The van der Waals surface area contributed by atoms with Crippen LogP contribution in [0, 0.1) is 0 Å². The SMILES string of the molecule is CCn1c(SCc2nc(-c3cccs3)no2)nnc1N1CCOCC1. The Hall–Kier alpha value is -1.91. The van der Waals surface area contributed by atoms with Crippen molar-refractivity contribution in [3.05, 3.63) is 23.4 Å². The minimum atomic E-state index is 0.569. The van der Waals surface area contributed by atoms with Gasteiger partial charge in [-0.05, 0) is 18.4 Å². The normalized spacial score (nSPS) is 15.0. The lowest BCUT2D eigenvalue weighted by Gasteiger charge is -2.27. The minimum Gasteiger partial charge on any atom is -0.378 e. The van der Waals surface area contributed by atoms with Crippen molar-refractivity contribution in [3.8, 4) is 10.7 Å². The molecule has 1 saturated heterocycles. The molecular weight excluding hydrogens is 360 g/mol. The van der Waals surface area contributed by atoms with Crippen LogP contribution < -0.4 is 4.90 Å². The number of morpholine rings is 1. The summed E-state index contributed by atoms with van der Waals surface area (Å²) < 4.78 is 12.9. The van der Waals surface area contributed by atoms with Crippen molar-refractivity contribution in [2.24, 2.45) is 0 Å². The van der Waals surface area contributed by atoms with Crippen LogP contribution in [0.5, 0.6) is 0 Å². The summed E-state index contributed by atoms with van der Waals surface area (Å²) in [5.41, 5.74) is 0. The summed E-state index contributed by atoms with van der Waals surface area (Å²) in [6.45, 7) is 6.05. The molecule has 1 fully saturated rings. The number of hydrogen-bond donors (Lipinski definition) is 0. The molecule has 1 aliphatic heterocycles. The van der Waals surface area contributed by atoms with Crippen LogP contribution in [0.3, 0.4) is 0 Å². The summed E-state index contributed by atoms with van der Waals surface area (Å²) in [5.74, 6) is 2.70. The van der Waals surface area contributed by atoms with E-state index in [0.29, 0.717) is 17.5 Å². The predicted octanol–water partition coefficient (Wildman–Crippen LogP) is 2.54. The molecule has 0 radical (unpaired) electrons. The third kappa shape index (κ3) is 3.55. The maximum atomic E-state index is 5.41. The van der Waals surface area contributed by atoms with Crippen LogP contribution in [0.25, 0.3) is 10.7 Å². The lowest BCUT2D eigenvalue weighted by Crippen LogP contribution is -2.38. The standard InChI is InChI=1S/C15H18N6O2S2/c1-2-21-14(20-5-7-22-8-6-20)17-18-15(21)25-10-12-16-13(19-23-12)11-4-3-9-24-11/h3-4,9H,2,5-8,10H2,1H3. The van der Waals surface area contributed by atoms with E-state index in [1.165, 1.54) is 0 Å². The van der Waals surface area contributed by atoms with E-state index >= 15 is 0 Å². The van der Waals surface area contributed by atoms with E-state index in [4.69, 9.17) is 9.26 Å². The van der Waals surface area contributed by atoms with E-state index in [9.17, 15) is 0 Å². The fourth-order valence-electron chi connectivity index (χ4n) is 2.61. The molecule has 0 bridgehead atoms. The van der Waals surface area contributed by atoms with Crippen LogP contribution in [-0.4, -0.2) is 51.2 Å². The molecule has 3 aromatic heterocycles. The monoisotopic (exact) mass is 378 g/mol. The summed E-state index contributed by atoms with van der Waals surface area (Å²) >= 11 is 3.15. The molecule has 0 unspecified atom stereocenters. The lowest BCUT2D eigenvalue weighted by atomic mass is 10.4. The summed E-state index contributed by atoms with van der Waals surface area (Å²) in [6, 6.07) is 3.95. The number of hydrogen-bond acceptors (Lipinski definition) is 9. The van der Waals surface area contributed by atoms with Crippen LogP contribution in [0.2, 0.25) is 0 Å². The van der Waals surface area contributed by atoms with E-state index in [1.807, 2.05) is 17.5 Å². The summed E-state index contributed by atoms with van der Waals surface area (Å²) in [4.78, 5) is 7.67. The number of nitrogens with zero attached hydrogens (tertiary/aromatic N) is 6. The van der Waals surface area contributed by atoms with Crippen molar-refractivity contribution >= 4 is 29.0 Å². The second kappa shape index (κ2) is 7.54. The van der Waals surface area contributed by atoms with Gasteiger partial charge in [-0.25, -0.2) is 0 Å². The highest BCUT2D eigenvalue weighted by Crippen LogP contribution is 2.27. The third-order valence-electron chi connectivity index (χ3n) is 3.84. The molecule has 8 nitrogen and oxygen atoms in total. The molecule has 4 heterocycles. The first-order valence-corrected chi connectivity index (χ1v) is 9.97. The number of aromatic nitrogens is 5. The highest BCUT2D eigenvalue weighted by atomic mass is 32.2. The first-order valence-electron chi connectivity index (χ1n) is 8.10. The number of anilines is 1. The Morgan fingerprint density at radius 1 is 1.28 bits per heavy atom. The second-order valence-electron chi connectivity index (χ2n) is 5.40. The van der Waals surface area contributed by atoms with E-state index in [2.05, 4.69) is 36.7 Å². The van der Waals surface area contributed by atoms with Gasteiger partial charge in [-0.3, -0.25) is 4.57 Å². The summed E-state index contributed by atoms with van der Waals surface area (Å²) in [6.07, 6.45) is 0. The highest BCUT2D eigenvalue weighted by molar-refractivity contribution is 7.98. The largest absolute Gasteiger partial charge is 0.378 e. The van der Waals surface area contributed by atoms with Crippen molar-refractivity contribution < 1.29 is 9.26 Å². The predicted molar refractivity (Wildman–Crippen MR) is 95.9 cm³/mol. The van der Waals surface area contributed by atoms with Crippen LogP contribution >= 0.6 is 23.1 Å². The number of ether oxygens (including phenoxy) is 1. The average molecular weight is 378 g/mol. The molecule has 0 atom stereocenters. The van der Waals surface area contributed by atoms with Crippen LogP contribution in [0.15, 0.2) is 27.2 Å². The maximum Gasteiger partial charge on any atom is 0.237 e. The Balaban J connectivity index is 1.45. The summed E-state index contributed by atoms with van der Waals surface area (Å²) in [7, 11) is 0. The van der Waals surface area contributed by atoms with Crippen molar-refractivity contribution in [3.63, 3.8) is 0 Å². The van der Waals surface area contributed by atoms with E-state index in [0.717, 1.165) is 48.8 Å². The molecular formula is C15H18N6O2S2. The Kier molecular flexibility index (Phi) is 4.99. The van der Waals surface area contributed by atoms with Crippen LogP contribution in [-0.2, 0) is 17.0 Å². The van der Waals surface area contributed by atoms with Gasteiger partial charge in [0.1, 0.15) is 0 Å². The molecule has 132 valence electrons. The Labute approximate surface area is 153 Å². The molecule has 3 aromatic rings. The molecule has 25 heavy (non-hydrogen) atoms. The van der Waals surface area contributed by atoms with Crippen LogP contribution in [0.4, 0.5) is 5.95 Å². The Bertz CT molecular complexity index is 810.